The molecule has 7 nitrogen and oxygen atoms in total. The summed E-state index contributed by atoms with van der Waals surface area (Å²) in [4.78, 5) is 12.9. The van der Waals surface area contributed by atoms with E-state index in [0.717, 1.165) is 11.1 Å². The molecule has 180 valence electrons. The molecule has 1 aromatic heterocycles. The molecule has 0 amide bonds. The fraction of sp³-hybridized carbons (Fsp3) is 0.0690. The van der Waals surface area contributed by atoms with E-state index in [1.807, 2.05) is 60.7 Å². The lowest BCUT2D eigenvalue weighted by Gasteiger charge is -2.12. The highest BCUT2D eigenvalue weighted by molar-refractivity contribution is 5.88. The van der Waals surface area contributed by atoms with Crippen LogP contribution in [0.25, 0.3) is 22.3 Å². The van der Waals surface area contributed by atoms with Gasteiger partial charge in [-0.2, -0.15) is 0 Å². The topological polar surface area (TPSA) is 109 Å². The van der Waals surface area contributed by atoms with E-state index in [9.17, 15) is 20.1 Å². The zero-order valence-electron chi connectivity index (χ0n) is 19.0. The molecule has 0 aliphatic heterocycles. The summed E-state index contributed by atoms with van der Waals surface area (Å²) in [6.07, 6.45) is 0. The van der Waals surface area contributed by atoms with Crippen molar-refractivity contribution >= 4 is 11.0 Å². The summed E-state index contributed by atoms with van der Waals surface area (Å²) in [6, 6.07) is 26.0. The number of rotatable bonds is 7. The van der Waals surface area contributed by atoms with E-state index in [4.69, 9.17) is 13.9 Å². The van der Waals surface area contributed by atoms with Crippen molar-refractivity contribution in [1.82, 2.24) is 0 Å². The number of aromatic hydroxyl groups is 3. The lowest BCUT2D eigenvalue weighted by atomic mass is 10.1. The molecule has 0 aliphatic carbocycles. The first-order valence-electron chi connectivity index (χ1n) is 11.2. The third-order valence-electron chi connectivity index (χ3n) is 5.63. The molecule has 0 saturated carbocycles. The van der Waals surface area contributed by atoms with Gasteiger partial charge in [-0.25, -0.2) is 0 Å². The van der Waals surface area contributed by atoms with Crippen LogP contribution < -0.4 is 14.9 Å². The van der Waals surface area contributed by atoms with Crippen molar-refractivity contribution in [2.24, 2.45) is 0 Å². The number of hydrogen-bond acceptors (Lipinski definition) is 7. The molecule has 7 heteroatoms. The molecule has 1 heterocycles. The quantitative estimate of drug-likeness (QED) is 0.272. The fourth-order valence-electron chi connectivity index (χ4n) is 3.79. The first-order chi connectivity index (χ1) is 17.5. The normalized spacial score (nSPS) is 10.9. The Morgan fingerprint density at radius 3 is 2.00 bits per heavy atom. The fourth-order valence-corrected chi connectivity index (χ4v) is 3.79. The summed E-state index contributed by atoms with van der Waals surface area (Å²) in [5.74, 6) is -0.829. The van der Waals surface area contributed by atoms with Gasteiger partial charge < -0.3 is 29.2 Å². The zero-order chi connectivity index (χ0) is 25.1. The second-order valence-electron chi connectivity index (χ2n) is 8.16. The highest BCUT2D eigenvalue weighted by atomic mass is 16.5. The van der Waals surface area contributed by atoms with Crippen LogP contribution in [0, 0.1) is 0 Å². The van der Waals surface area contributed by atoms with Gasteiger partial charge in [-0.15, -0.1) is 0 Å². The summed E-state index contributed by atoms with van der Waals surface area (Å²) in [6.45, 7) is 0.461. The smallest absolute Gasteiger partial charge is 0.238 e. The van der Waals surface area contributed by atoms with Crippen LogP contribution in [0.4, 0.5) is 0 Å². The molecule has 0 spiro atoms. The van der Waals surface area contributed by atoms with Gasteiger partial charge in [-0.3, -0.25) is 4.79 Å². The molecule has 0 atom stereocenters. The van der Waals surface area contributed by atoms with Crippen LogP contribution in [0.3, 0.4) is 0 Å². The average Bonchev–Trinajstić information content (AvgIpc) is 2.90. The maximum Gasteiger partial charge on any atom is 0.238 e. The second kappa shape index (κ2) is 9.76. The number of ether oxygens (including phenoxy) is 2. The van der Waals surface area contributed by atoms with Crippen LogP contribution >= 0.6 is 0 Å². The minimum absolute atomic E-state index is 0.0377. The van der Waals surface area contributed by atoms with Crippen LogP contribution in [0.5, 0.6) is 28.7 Å². The van der Waals surface area contributed by atoms with Crippen molar-refractivity contribution in [3.05, 3.63) is 112 Å². The Bertz CT molecular complexity index is 1580. The zero-order valence-corrected chi connectivity index (χ0v) is 19.0. The predicted octanol–water partition coefficient (Wildman–Crippen LogP) is 5.73. The van der Waals surface area contributed by atoms with E-state index >= 15 is 0 Å². The summed E-state index contributed by atoms with van der Waals surface area (Å²) >= 11 is 0. The number of benzene rings is 4. The van der Waals surface area contributed by atoms with Gasteiger partial charge in [-0.05, 0) is 29.3 Å². The van der Waals surface area contributed by atoms with Crippen LogP contribution in [-0.2, 0) is 13.2 Å². The molecular weight excluding hydrogens is 460 g/mol. The van der Waals surface area contributed by atoms with Crippen molar-refractivity contribution in [2.75, 3.05) is 0 Å². The lowest BCUT2D eigenvalue weighted by Crippen LogP contribution is -2.04. The Labute approximate surface area is 206 Å². The van der Waals surface area contributed by atoms with E-state index in [-0.39, 0.29) is 47.2 Å². The first-order valence-corrected chi connectivity index (χ1v) is 11.2. The molecule has 0 unspecified atom stereocenters. The van der Waals surface area contributed by atoms with E-state index in [1.54, 1.807) is 0 Å². The number of fused-ring (bicyclic) bond motifs is 1. The Balaban J connectivity index is 1.49. The van der Waals surface area contributed by atoms with Gasteiger partial charge in [0.15, 0.2) is 17.3 Å². The molecule has 0 saturated heterocycles. The monoisotopic (exact) mass is 482 g/mol. The first kappa shape index (κ1) is 22.9. The van der Waals surface area contributed by atoms with Crippen molar-refractivity contribution in [3.63, 3.8) is 0 Å². The van der Waals surface area contributed by atoms with Crippen LogP contribution in [0.15, 0.2) is 100 Å². The Hall–Kier alpha value is -4.91. The Morgan fingerprint density at radius 2 is 1.33 bits per heavy atom. The largest absolute Gasteiger partial charge is 0.507 e. The number of phenolic OH excluding ortho intramolecular Hbond substituents is 2. The molecule has 0 bridgehead atoms. The van der Waals surface area contributed by atoms with E-state index in [1.165, 1.54) is 30.3 Å². The maximum absolute atomic E-state index is 12.9. The number of phenols is 2. The van der Waals surface area contributed by atoms with Crippen LogP contribution in [0.1, 0.15) is 11.1 Å². The van der Waals surface area contributed by atoms with Crippen molar-refractivity contribution in [3.8, 4) is 40.1 Å². The Morgan fingerprint density at radius 1 is 0.694 bits per heavy atom. The standard InChI is InChI=1S/C29H22O7/c30-22-12-11-20(13-24(22)35-17-19-9-5-2-6-10-19)29-28(33)27(32)26-23(31)14-21(15-25(26)36-29)34-16-18-7-3-1-4-8-18/h1-15,30-31,33H,16-17H2. The molecule has 4 aromatic carbocycles. The molecule has 5 rings (SSSR count). The molecule has 3 N–H and O–H groups in total. The summed E-state index contributed by atoms with van der Waals surface area (Å²) in [5, 5.41) is 31.2. The predicted molar refractivity (Wildman–Crippen MR) is 134 cm³/mol. The average molecular weight is 482 g/mol. The molecule has 36 heavy (non-hydrogen) atoms. The summed E-state index contributed by atoms with van der Waals surface area (Å²) in [5.41, 5.74) is 1.38. The van der Waals surface area contributed by atoms with E-state index in [2.05, 4.69) is 0 Å². The highest BCUT2D eigenvalue weighted by Gasteiger charge is 2.20. The van der Waals surface area contributed by atoms with Crippen LogP contribution in [0.2, 0.25) is 0 Å². The van der Waals surface area contributed by atoms with Crippen molar-refractivity contribution in [1.29, 1.82) is 0 Å². The molecule has 0 radical (unpaired) electrons. The van der Waals surface area contributed by atoms with Gasteiger partial charge in [-0.1, -0.05) is 60.7 Å². The van der Waals surface area contributed by atoms with Gasteiger partial charge in [0.2, 0.25) is 11.2 Å². The van der Waals surface area contributed by atoms with Gasteiger partial charge in [0.05, 0.1) is 0 Å². The third kappa shape index (κ3) is 4.67. The number of hydrogen-bond donors (Lipinski definition) is 3. The van der Waals surface area contributed by atoms with Gasteiger partial charge >= 0.3 is 0 Å². The van der Waals surface area contributed by atoms with E-state index in [0.29, 0.717) is 11.3 Å². The molecule has 0 aliphatic rings. The highest BCUT2D eigenvalue weighted by Crippen LogP contribution is 2.38. The molecular formula is C29H22O7. The van der Waals surface area contributed by atoms with Gasteiger partial charge in [0.25, 0.3) is 0 Å². The van der Waals surface area contributed by atoms with Gasteiger partial charge in [0, 0.05) is 17.7 Å². The van der Waals surface area contributed by atoms with Crippen molar-refractivity contribution < 1.29 is 29.2 Å². The van der Waals surface area contributed by atoms with Crippen LogP contribution in [-0.4, -0.2) is 15.3 Å². The maximum atomic E-state index is 12.9. The summed E-state index contributed by atoms with van der Waals surface area (Å²) < 4.78 is 17.4. The third-order valence-corrected chi connectivity index (χ3v) is 5.63. The Kier molecular flexibility index (Phi) is 6.19. The molecule has 5 aromatic rings. The second-order valence-corrected chi connectivity index (χ2v) is 8.16. The van der Waals surface area contributed by atoms with Crippen molar-refractivity contribution in [2.45, 2.75) is 13.2 Å². The van der Waals surface area contributed by atoms with E-state index < -0.39 is 11.2 Å². The lowest BCUT2D eigenvalue weighted by molar-refractivity contribution is 0.289. The van der Waals surface area contributed by atoms with Gasteiger partial charge in [0.1, 0.15) is 35.7 Å². The minimum atomic E-state index is -0.793. The molecule has 0 fully saturated rings. The SMILES string of the molecule is O=c1c(O)c(-c2ccc(O)c(OCc3ccccc3)c2)oc2cc(OCc3ccccc3)cc(O)c12. The minimum Gasteiger partial charge on any atom is -0.507 e. The summed E-state index contributed by atoms with van der Waals surface area (Å²) in [7, 11) is 0.